The quantitative estimate of drug-likeness (QED) is 0.430. The summed E-state index contributed by atoms with van der Waals surface area (Å²) >= 11 is 0. The number of likely N-dealkylation sites (tertiary alicyclic amines) is 1. The van der Waals surface area contributed by atoms with Crippen molar-refractivity contribution in [1.82, 2.24) is 20.2 Å². The normalized spacial score (nSPS) is 18.2. The molecule has 3 aromatic rings. The number of carbonyl (C=O) groups excluding carboxylic acids is 2. The van der Waals surface area contributed by atoms with Crippen LogP contribution in [0.3, 0.4) is 0 Å². The minimum atomic E-state index is -1.14. The van der Waals surface area contributed by atoms with E-state index in [0.717, 1.165) is 11.3 Å². The molecule has 4 rings (SSSR count). The molecule has 0 saturated carbocycles. The molecule has 0 radical (unpaired) electrons. The summed E-state index contributed by atoms with van der Waals surface area (Å²) in [6, 6.07) is 13.0. The first-order chi connectivity index (χ1) is 19.1. The van der Waals surface area contributed by atoms with Gasteiger partial charge in [0.05, 0.1) is 17.6 Å². The molecule has 2 N–H and O–H groups in total. The van der Waals surface area contributed by atoms with Gasteiger partial charge in [0.1, 0.15) is 29.5 Å². The second-order valence-corrected chi connectivity index (χ2v) is 12.5. The van der Waals surface area contributed by atoms with Crippen molar-refractivity contribution in [3.05, 3.63) is 54.2 Å². The molecule has 0 aliphatic carbocycles. The maximum absolute atomic E-state index is 13.8. The van der Waals surface area contributed by atoms with Gasteiger partial charge in [-0.05, 0) is 45.2 Å². The van der Waals surface area contributed by atoms with Gasteiger partial charge >= 0.3 is 12.1 Å². The predicted molar refractivity (Wildman–Crippen MR) is 154 cm³/mol. The van der Waals surface area contributed by atoms with Crippen LogP contribution in [0.4, 0.5) is 4.79 Å². The van der Waals surface area contributed by atoms with Crippen LogP contribution in [0.1, 0.15) is 53.7 Å². The number of fused-ring (bicyclic) bond motifs is 1. The number of aliphatic carboxylic acids is 1. The average Bonchev–Trinajstić information content (AvgIpc) is 3.29. The first-order valence-electron chi connectivity index (χ1n) is 13.7. The lowest BCUT2D eigenvalue weighted by molar-refractivity contribution is -0.150. The van der Waals surface area contributed by atoms with E-state index >= 15 is 0 Å². The Morgan fingerprint density at radius 2 is 1.71 bits per heavy atom. The van der Waals surface area contributed by atoms with Crippen molar-refractivity contribution in [2.75, 3.05) is 6.54 Å². The molecule has 1 aliphatic rings. The summed E-state index contributed by atoms with van der Waals surface area (Å²) in [4.78, 5) is 49.3. The topological polar surface area (TPSA) is 131 Å². The Morgan fingerprint density at radius 3 is 2.32 bits per heavy atom. The Labute approximate surface area is 240 Å². The number of aromatic nitrogens is 2. The van der Waals surface area contributed by atoms with Gasteiger partial charge < -0.3 is 24.8 Å². The molecule has 2 aromatic heterocycles. The number of nitrogens with zero attached hydrogens (tertiary/aromatic N) is 3. The molecular formula is C31H38N4O6. The van der Waals surface area contributed by atoms with Gasteiger partial charge in [0.25, 0.3) is 0 Å². The lowest BCUT2D eigenvalue weighted by atomic mass is 9.85. The smallest absolute Gasteiger partial charge is 0.408 e. The number of aryl methyl sites for hydroxylation is 1. The van der Waals surface area contributed by atoms with E-state index in [1.807, 2.05) is 55.5 Å². The zero-order valence-electron chi connectivity index (χ0n) is 24.6. The van der Waals surface area contributed by atoms with E-state index in [4.69, 9.17) is 14.5 Å². The van der Waals surface area contributed by atoms with Gasteiger partial charge in [-0.25, -0.2) is 19.6 Å². The molecule has 2 amide bonds. The van der Waals surface area contributed by atoms with Crippen LogP contribution in [0.15, 0.2) is 48.5 Å². The number of ether oxygens (including phenoxy) is 2. The van der Waals surface area contributed by atoms with Gasteiger partial charge in [0.15, 0.2) is 5.65 Å². The Balaban J connectivity index is 1.64. The van der Waals surface area contributed by atoms with E-state index in [9.17, 15) is 19.5 Å². The standard InChI is InChI=1S/C31H38N4O6/c1-18-13-14-21-24(16-22(33-26(21)32-18)19-11-9-8-10-12-19)40-20-15-23(28(37)38)35(17-20)27(36)25(30(2,3)4)34-29(39)41-31(5,6)7/h8-14,16,20,23,25H,15,17H2,1-7H3,(H,34,39)(H,37,38)/t20-,23+,25-/m1/s1. The summed E-state index contributed by atoms with van der Waals surface area (Å²) < 4.78 is 11.8. The van der Waals surface area contributed by atoms with Crippen LogP contribution in [0.25, 0.3) is 22.3 Å². The van der Waals surface area contributed by atoms with Crippen LogP contribution in [0.5, 0.6) is 5.75 Å². The maximum Gasteiger partial charge on any atom is 0.408 e. The van der Waals surface area contributed by atoms with E-state index in [-0.39, 0.29) is 13.0 Å². The number of hydrogen-bond acceptors (Lipinski definition) is 7. The Hall–Kier alpha value is -4.21. The van der Waals surface area contributed by atoms with Crippen molar-refractivity contribution in [3.8, 4) is 17.0 Å². The van der Waals surface area contributed by atoms with E-state index in [2.05, 4.69) is 10.3 Å². The molecule has 1 aromatic carbocycles. The molecule has 3 heterocycles. The number of pyridine rings is 2. The van der Waals surface area contributed by atoms with Crippen molar-refractivity contribution in [2.45, 2.75) is 78.7 Å². The van der Waals surface area contributed by atoms with Crippen molar-refractivity contribution < 1.29 is 29.0 Å². The average molecular weight is 563 g/mol. The Bertz CT molecular complexity index is 1440. The van der Waals surface area contributed by atoms with Gasteiger partial charge in [-0.1, -0.05) is 51.1 Å². The Kier molecular flexibility index (Phi) is 8.24. The molecule has 1 aliphatic heterocycles. The zero-order chi connectivity index (χ0) is 30.1. The molecule has 10 nitrogen and oxygen atoms in total. The molecule has 1 fully saturated rings. The monoisotopic (exact) mass is 562 g/mol. The number of carboxylic acid groups (broad SMARTS) is 1. The first-order valence-corrected chi connectivity index (χ1v) is 13.7. The summed E-state index contributed by atoms with van der Waals surface area (Å²) in [6.45, 7) is 12.5. The van der Waals surface area contributed by atoms with Crippen molar-refractivity contribution in [2.24, 2.45) is 5.41 Å². The number of benzene rings is 1. The fourth-order valence-electron chi connectivity index (χ4n) is 4.80. The number of rotatable bonds is 6. The highest BCUT2D eigenvalue weighted by Crippen LogP contribution is 2.33. The number of hydrogen-bond donors (Lipinski definition) is 2. The van der Waals surface area contributed by atoms with Gasteiger partial charge in [0, 0.05) is 23.7 Å². The lowest BCUT2D eigenvalue weighted by Crippen LogP contribution is -2.57. The van der Waals surface area contributed by atoms with Gasteiger partial charge in [0.2, 0.25) is 5.91 Å². The molecule has 218 valence electrons. The molecule has 0 bridgehead atoms. The van der Waals surface area contributed by atoms with Gasteiger partial charge in [-0.3, -0.25) is 4.79 Å². The van der Waals surface area contributed by atoms with Crippen LogP contribution in [0.2, 0.25) is 0 Å². The lowest BCUT2D eigenvalue weighted by Gasteiger charge is -2.35. The van der Waals surface area contributed by atoms with E-state index in [0.29, 0.717) is 22.5 Å². The fraction of sp³-hybridized carbons (Fsp3) is 0.452. The highest BCUT2D eigenvalue weighted by Gasteiger charge is 2.46. The van der Waals surface area contributed by atoms with Crippen LogP contribution < -0.4 is 10.1 Å². The highest BCUT2D eigenvalue weighted by atomic mass is 16.6. The third-order valence-electron chi connectivity index (χ3n) is 6.74. The van der Waals surface area contributed by atoms with Crippen molar-refractivity contribution in [3.63, 3.8) is 0 Å². The largest absolute Gasteiger partial charge is 0.488 e. The van der Waals surface area contributed by atoms with Crippen LogP contribution in [-0.2, 0) is 14.3 Å². The molecule has 10 heteroatoms. The summed E-state index contributed by atoms with van der Waals surface area (Å²) in [6.07, 6.45) is -1.28. The minimum Gasteiger partial charge on any atom is -0.488 e. The first kappa shape index (κ1) is 29.8. The minimum absolute atomic E-state index is 0.0299. The Morgan fingerprint density at radius 1 is 1.02 bits per heavy atom. The van der Waals surface area contributed by atoms with Crippen LogP contribution >= 0.6 is 0 Å². The van der Waals surface area contributed by atoms with E-state index in [1.165, 1.54) is 4.90 Å². The fourth-order valence-corrected chi connectivity index (χ4v) is 4.80. The summed E-state index contributed by atoms with van der Waals surface area (Å²) in [7, 11) is 0. The van der Waals surface area contributed by atoms with E-state index in [1.54, 1.807) is 41.5 Å². The zero-order valence-corrected chi connectivity index (χ0v) is 24.6. The second-order valence-electron chi connectivity index (χ2n) is 12.5. The molecule has 3 atom stereocenters. The van der Waals surface area contributed by atoms with Crippen molar-refractivity contribution >= 4 is 29.0 Å². The third-order valence-corrected chi connectivity index (χ3v) is 6.74. The van der Waals surface area contributed by atoms with Crippen LogP contribution in [0, 0.1) is 12.3 Å². The number of alkyl carbamates (subject to hydrolysis) is 1. The van der Waals surface area contributed by atoms with Crippen molar-refractivity contribution in [1.29, 1.82) is 0 Å². The summed E-state index contributed by atoms with van der Waals surface area (Å²) in [5.41, 5.74) is 1.39. The third kappa shape index (κ3) is 7.11. The molecule has 0 unspecified atom stereocenters. The maximum atomic E-state index is 13.8. The SMILES string of the molecule is Cc1ccc2c(O[C@@H]3C[C@@H](C(=O)O)N(C(=O)[C@@H](NC(=O)OC(C)(C)C)C(C)(C)C)C3)cc(-c3ccccc3)nc2n1. The molecule has 41 heavy (non-hydrogen) atoms. The highest BCUT2D eigenvalue weighted by molar-refractivity contribution is 5.91. The van der Waals surface area contributed by atoms with Crippen LogP contribution in [-0.4, -0.2) is 68.3 Å². The predicted octanol–water partition coefficient (Wildman–Crippen LogP) is 4.98. The summed E-state index contributed by atoms with van der Waals surface area (Å²) in [5, 5.41) is 13.4. The van der Waals surface area contributed by atoms with E-state index < -0.39 is 47.2 Å². The summed E-state index contributed by atoms with van der Waals surface area (Å²) in [5.74, 6) is -1.15. The number of carbonyl (C=O) groups is 3. The number of amides is 2. The molecule has 1 saturated heterocycles. The van der Waals surface area contributed by atoms with Gasteiger partial charge in [-0.15, -0.1) is 0 Å². The number of carboxylic acids is 1. The number of nitrogens with one attached hydrogen (secondary N) is 1. The van der Waals surface area contributed by atoms with Gasteiger partial charge in [-0.2, -0.15) is 0 Å². The second kappa shape index (κ2) is 11.3. The molecule has 0 spiro atoms. The molecular weight excluding hydrogens is 524 g/mol.